The number of H-pyrrole nitrogens is 1. The molecule has 108 valence electrons. The molecule has 7 heteroatoms. The second kappa shape index (κ2) is 4.66. The molecule has 0 saturated heterocycles. The smallest absolute Gasteiger partial charge is 0.305 e. The SMILES string of the molecule is O=c1[nH]c2ccc(C(F)(F)F)cc2n1-c1cccc(Cl)c1. The van der Waals surface area contributed by atoms with Gasteiger partial charge in [0.2, 0.25) is 0 Å². The molecule has 0 spiro atoms. The predicted octanol–water partition coefficient (Wildman–Crippen LogP) is 3.99. The number of hydrogen-bond donors (Lipinski definition) is 1. The molecule has 0 radical (unpaired) electrons. The van der Waals surface area contributed by atoms with Crippen LogP contribution < -0.4 is 5.69 Å². The van der Waals surface area contributed by atoms with Crippen LogP contribution in [0.2, 0.25) is 5.02 Å². The van der Waals surface area contributed by atoms with Gasteiger partial charge in [-0.1, -0.05) is 17.7 Å². The van der Waals surface area contributed by atoms with Gasteiger partial charge in [0, 0.05) is 5.02 Å². The molecule has 0 atom stereocenters. The minimum absolute atomic E-state index is 0.150. The Balaban J connectivity index is 2.32. The van der Waals surface area contributed by atoms with E-state index in [1.54, 1.807) is 18.2 Å². The topological polar surface area (TPSA) is 37.8 Å². The van der Waals surface area contributed by atoms with Gasteiger partial charge < -0.3 is 4.98 Å². The molecular weight excluding hydrogens is 305 g/mol. The molecular formula is C14H8ClF3N2O. The van der Waals surface area contributed by atoms with Crippen molar-refractivity contribution in [1.82, 2.24) is 9.55 Å². The lowest BCUT2D eigenvalue weighted by molar-refractivity contribution is -0.137. The third-order valence-electron chi connectivity index (χ3n) is 3.08. The highest BCUT2D eigenvalue weighted by Crippen LogP contribution is 2.31. The third-order valence-corrected chi connectivity index (χ3v) is 3.31. The first kappa shape index (κ1) is 13.8. The number of halogens is 4. The molecule has 21 heavy (non-hydrogen) atoms. The number of hydrogen-bond acceptors (Lipinski definition) is 1. The Kier molecular flexibility index (Phi) is 3.06. The molecule has 0 bridgehead atoms. The van der Waals surface area contributed by atoms with Gasteiger partial charge in [0.05, 0.1) is 22.3 Å². The summed E-state index contributed by atoms with van der Waals surface area (Å²) in [4.78, 5) is 14.5. The Labute approximate surface area is 121 Å². The molecule has 2 aromatic carbocycles. The van der Waals surface area contributed by atoms with Gasteiger partial charge in [-0.25, -0.2) is 4.79 Å². The molecule has 1 N–H and O–H groups in total. The van der Waals surface area contributed by atoms with Crippen molar-refractivity contribution in [3.8, 4) is 5.69 Å². The molecule has 0 aliphatic rings. The second-order valence-corrected chi connectivity index (χ2v) is 4.91. The molecule has 1 aromatic heterocycles. The van der Waals surface area contributed by atoms with E-state index in [9.17, 15) is 18.0 Å². The summed E-state index contributed by atoms with van der Waals surface area (Å²) in [5, 5.41) is 0.390. The monoisotopic (exact) mass is 312 g/mol. The van der Waals surface area contributed by atoms with E-state index in [1.807, 2.05) is 0 Å². The number of rotatable bonds is 1. The van der Waals surface area contributed by atoms with Crippen LogP contribution in [0.5, 0.6) is 0 Å². The summed E-state index contributed by atoms with van der Waals surface area (Å²) in [6, 6.07) is 9.45. The van der Waals surface area contributed by atoms with E-state index in [0.29, 0.717) is 16.2 Å². The minimum Gasteiger partial charge on any atom is -0.305 e. The number of aromatic nitrogens is 2. The second-order valence-electron chi connectivity index (χ2n) is 4.48. The number of benzene rings is 2. The highest BCUT2D eigenvalue weighted by Gasteiger charge is 2.31. The standard InChI is InChI=1S/C14H8ClF3N2O/c15-9-2-1-3-10(7-9)20-12-6-8(14(16,17)18)4-5-11(12)19-13(20)21/h1-7H,(H,19,21). The summed E-state index contributed by atoms with van der Waals surface area (Å²) in [7, 11) is 0. The van der Waals surface area contributed by atoms with Gasteiger partial charge in [0.1, 0.15) is 0 Å². The summed E-state index contributed by atoms with van der Waals surface area (Å²) < 4.78 is 39.6. The van der Waals surface area contributed by atoms with Gasteiger partial charge in [-0.3, -0.25) is 4.57 Å². The van der Waals surface area contributed by atoms with E-state index in [0.717, 1.165) is 16.7 Å². The summed E-state index contributed by atoms with van der Waals surface area (Å²) in [6.07, 6.45) is -4.47. The van der Waals surface area contributed by atoms with E-state index >= 15 is 0 Å². The molecule has 0 unspecified atom stereocenters. The maximum Gasteiger partial charge on any atom is 0.416 e. The van der Waals surface area contributed by atoms with Crippen LogP contribution in [0.15, 0.2) is 47.3 Å². The minimum atomic E-state index is -4.47. The van der Waals surface area contributed by atoms with Crippen molar-refractivity contribution in [3.05, 3.63) is 63.5 Å². The van der Waals surface area contributed by atoms with Gasteiger partial charge >= 0.3 is 11.9 Å². The Hall–Kier alpha value is -2.21. The van der Waals surface area contributed by atoms with Crippen LogP contribution in [0, 0.1) is 0 Å². The zero-order valence-electron chi connectivity index (χ0n) is 10.4. The maximum atomic E-state index is 12.8. The van der Waals surface area contributed by atoms with Crippen molar-refractivity contribution in [2.75, 3.05) is 0 Å². The third kappa shape index (κ3) is 2.42. The molecule has 0 fully saturated rings. The number of fused-ring (bicyclic) bond motifs is 1. The van der Waals surface area contributed by atoms with E-state index in [1.165, 1.54) is 12.1 Å². The van der Waals surface area contributed by atoms with Gasteiger partial charge in [-0.15, -0.1) is 0 Å². The molecule has 3 rings (SSSR count). The number of nitrogens with zero attached hydrogens (tertiary/aromatic N) is 1. The number of imidazole rings is 1. The van der Waals surface area contributed by atoms with Crippen LogP contribution in [0.25, 0.3) is 16.7 Å². The predicted molar refractivity (Wildman–Crippen MR) is 73.9 cm³/mol. The van der Waals surface area contributed by atoms with Crippen LogP contribution >= 0.6 is 11.6 Å². The molecule has 0 saturated carbocycles. The van der Waals surface area contributed by atoms with Gasteiger partial charge in [-0.2, -0.15) is 13.2 Å². The van der Waals surface area contributed by atoms with E-state index < -0.39 is 17.4 Å². The lowest BCUT2D eigenvalue weighted by atomic mass is 10.2. The average molecular weight is 313 g/mol. The fourth-order valence-corrected chi connectivity index (χ4v) is 2.34. The van der Waals surface area contributed by atoms with Gasteiger partial charge in [-0.05, 0) is 36.4 Å². The van der Waals surface area contributed by atoms with Gasteiger partial charge in [0.25, 0.3) is 0 Å². The first-order chi connectivity index (χ1) is 9.86. The van der Waals surface area contributed by atoms with Gasteiger partial charge in [0.15, 0.2) is 0 Å². The summed E-state index contributed by atoms with van der Waals surface area (Å²) in [6.45, 7) is 0. The first-order valence-electron chi connectivity index (χ1n) is 5.94. The van der Waals surface area contributed by atoms with E-state index in [4.69, 9.17) is 11.6 Å². The molecule has 1 heterocycles. The van der Waals surface area contributed by atoms with Crippen LogP contribution in [0.4, 0.5) is 13.2 Å². The van der Waals surface area contributed by atoms with Crippen molar-refractivity contribution in [2.45, 2.75) is 6.18 Å². The van der Waals surface area contributed by atoms with Crippen molar-refractivity contribution in [1.29, 1.82) is 0 Å². The van der Waals surface area contributed by atoms with Crippen molar-refractivity contribution in [2.24, 2.45) is 0 Å². The fourth-order valence-electron chi connectivity index (χ4n) is 2.15. The number of alkyl halides is 3. The zero-order chi connectivity index (χ0) is 15.2. The molecule has 0 amide bonds. The van der Waals surface area contributed by atoms with Crippen molar-refractivity contribution in [3.63, 3.8) is 0 Å². The maximum absolute atomic E-state index is 12.8. The van der Waals surface area contributed by atoms with Crippen LogP contribution in [-0.2, 0) is 6.18 Å². The normalized spacial score (nSPS) is 12.0. The number of nitrogens with one attached hydrogen (secondary N) is 1. The molecule has 3 aromatic rings. The van der Waals surface area contributed by atoms with Crippen LogP contribution in [0.1, 0.15) is 5.56 Å². The highest BCUT2D eigenvalue weighted by atomic mass is 35.5. The highest BCUT2D eigenvalue weighted by molar-refractivity contribution is 6.30. The Morgan fingerprint density at radius 3 is 2.52 bits per heavy atom. The summed E-state index contributed by atoms with van der Waals surface area (Å²) in [5.41, 5.74) is -0.459. The fraction of sp³-hybridized carbons (Fsp3) is 0.0714. The molecule has 3 nitrogen and oxygen atoms in total. The average Bonchev–Trinajstić information content (AvgIpc) is 2.72. The summed E-state index contributed by atoms with van der Waals surface area (Å²) >= 11 is 5.86. The van der Waals surface area contributed by atoms with E-state index in [2.05, 4.69) is 4.98 Å². The molecule has 0 aliphatic heterocycles. The van der Waals surface area contributed by atoms with Crippen molar-refractivity contribution < 1.29 is 13.2 Å². The van der Waals surface area contributed by atoms with Crippen LogP contribution in [0.3, 0.4) is 0 Å². The quantitative estimate of drug-likeness (QED) is 0.725. The Morgan fingerprint density at radius 1 is 1.10 bits per heavy atom. The first-order valence-corrected chi connectivity index (χ1v) is 6.32. The number of aromatic amines is 1. The lowest BCUT2D eigenvalue weighted by Crippen LogP contribution is -2.14. The van der Waals surface area contributed by atoms with Crippen LogP contribution in [-0.4, -0.2) is 9.55 Å². The van der Waals surface area contributed by atoms with Crippen molar-refractivity contribution >= 4 is 22.6 Å². The molecule has 0 aliphatic carbocycles. The lowest BCUT2D eigenvalue weighted by Gasteiger charge is -2.08. The Bertz CT molecular complexity index is 880. The zero-order valence-corrected chi connectivity index (χ0v) is 11.2. The Morgan fingerprint density at radius 2 is 1.86 bits per heavy atom. The summed E-state index contributed by atoms with van der Waals surface area (Å²) in [5.74, 6) is 0. The largest absolute Gasteiger partial charge is 0.416 e. The van der Waals surface area contributed by atoms with E-state index in [-0.39, 0.29) is 5.52 Å².